The van der Waals surface area contributed by atoms with Crippen LogP contribution in [0.2, 0.25) is 0 Å². The van der Waals surface area contributed by atoms with Crippen molar-refractivity contribution < 1.29 is 0 Å². The van der Waals surface area contributed by atoms with E-state index in [2.05, 4.69) is 158 Å². The number of rotatable bonds is 3. The summed E-state index contributed by atoms with van der Waals surface area (Å²) in [7, 11) is 0. The first-order valence-electron chi connectivity index (χ1n) is 17.5. The SMILES string of the molecule is Cc1cccc2c3cccc(C)c3n(-c3ccc(-n4c5c(C)cccc5c5cccc(C)c54)c(-c4ccc5c(=O)c6ccccc6[te]c5c4)c3)c12. The Morgan fingerprint density at radius 1 is 0.431 bits per heavy atom. The maximum atomic E-state index is 13.7. The van der Waals surface area contributed by atoms with Gasteiger partial charge in [-0.05, 0) is 0 Å². The summed E-state index contributed by atoms with van der Waals surface area (Å²) in [6, 6.07) is 48.4. The number of para-hydroxylation sites is 4. The molecule has 0 bridgehead atoms. The monoisotopic (exact) mass is 772 g/mol. The summed E-state index contributed by atoms with van der Waals surface area (Å²) in [5, 5.41) is 6.79. The number of nitrogens with zero attached hydrogens (tertiary/aromatic N) is 2. The topological polar surface area (TPSA) is 26.9 Å². The van der Waals surface area contributed by atoms with E-state index in [1.165, 1.54) is 72.7 Å². The molecular formula is C47H34N2OTe. The molecule has 0 amide bonds. The van der Waals surface area contributed by atoms with Crippen molar-refractivity contribution in [3.63, 3.8) is 0 Å². The van der Waals surface area contributed by atoms with Gasteiger partial charge in [-0.25, -0.2) is 0 Å². The quantitative estimate of drug-likeness (QED) is 0.130. The molecule has 0 fully saturated rings. The van der Waals surface area contributed by atoms with Crippen molar-refractivity contribution in [2.24, 2.45) is 0 Å². The summed E-state index contributed by atoms with van der Waals surface area (Å²) in [5.41, 5.74) is 14.6. The Balaban J connectivity index is 1.35. The standard InChI is InChI=1S/C47H34N2OTe/c1-27-11-7-16-33-34-17-8-12-28(2)44(34)48(43(27)33)32-22-24-40(49-45-29(3)13-9-18-35(45)36-19-10-14-30(4)46(36)49)39(26-32)31-21-23-38-42(25-31)51-41-20-6-5-15-37(41)47(38)50/h5-26H,1-4H3. The third-order valence-corrected chi connectivity index (χ3v) is 14.0. The second kappa shape index (κ2) is 11.3. The van der Waals surface area contributed by atoms with Crippen molar-refractivity contribution in [2.75, 3.05) is 0 Å². The van der Waals surface area contributed by atoms with Gasteiger partial charge in [0.1, 0.15) is 0 Å². The van der Waals surface area contributed by atoms with E-state index in [-0.39, 0.29) is 5.43 Å². The Morgan fingerprint density at radius 2 is 0.922 bits per heavy atom. The summed E-state index contributed by atoms with van der Waals surface area (Å²) >= 11 is -0.747. The molecule has 0 aliphatic carbocycles. The Labute approximate surface area is 305 Å². The third-order valence-electron chi connectivity index (χ3n) is 10.8. The summed E-state index contributed by atoms with van der Waals surface area (Å²) < 4.78 is 7.39. The second-order valence-electron chi connectivity index (χ2n) is 13.9. The Bertz CT molecular complexity index is 3040. The Kier molecular flexibility index (Phi) is 6.74. The molecule has 0 aliphatic rings. The molecule has 0 saturated carbocycles. The zero-order chi connectivity index (χ0) is 34.5. The minimum absolute atomic E-state index is 0.141. The van der Waals surface area contributed by atoms with Crippen LogP contribution >= 0.6 is 0 Å². The maximum absolute atomic E-state index is 13.7. The molecule has 0 unspecified atom stereocenters. The van der Waals surface area contributed by atoms with Gasteiger partial charge in [0.2, 0.25) is 0 Å². The van der Waals surface area contributed by atoms with Crippen molar-refractivity contribution in [3.8, 4) is 22.5 Å². The van der Waals surface area contributed by atoms with E-state index >= 15 is 0 Å². The predicted octanol–water partition coefficient (Wildman–Crippen LogP) is 11.5. The van der Waals surface area contributed by atoms with Crippen LogP contribution in [0.25, 0.3) is 83.7 Å². The molecule has 51 heavy (non-hydrogen) atoms. The van der Waals surface area contributed by atoms with Gasteiger partial charge in [0.25, 0.3) is 0 Å². The zero-order valence-corrected chi connectivity index (χ0v) is 31.2. The van der Waals surface area contributed by atoms with Crippen LogP contribution in [0.15, 0.2) is 138 Å². The first-order chi connectivity index (χ1) is 24.9. The van der Waals surface area contributed by atoms with Gasteiger partial charge in [-0.1, -0.05) is 0 Å². The van der Waals surface area contributed by atoms with Gasteiger partial charge < -0.3 is 0 Å². The van der Waals surface area contributed by atoms with E-state index in [1.807, 2.05) is 12.1 Å². The fourth-order valence-electron chi connectivity index (χ4n) is 8.47. The van der Waals surface area contributed by atoms with Crippen LogP contribution in [0.3, 0.4) is 0 Å². The van der Waals surface area contributed by atoms with E-state index in [4.69, 9.17) is 0 Å². The van der Waals surface area contributed by atoms with Crippen molar-refractivity contribution in [1.29, 1.82) is 0 Å². The molecule has 0 aliphatic heterocycles. The molecule has 0 atom stereocenters. The van der Waals surface area contributed by atoms with Crippen LogP contribution in [-0.4, -0.2) is 29.6 Å². The number of benzene rings is 7. The van der Waals surface area contributed by atoms with E-state index < -0.39 is 20.4 Å². The molecule has 244 valence electrons. The molecule has 3 aromatic heterocycles. The van der Waals surface area contributed by atoms with Gasteiger partial charge >= 0.3 is 307 Å². The fourth-order valence-corrected chi connectivity index (χ4v) is 11.6. The van der Waals surface area contributed by atoms with E-state index in [9.17, 15) is 4.79 Å². The normalized spacial score (nSPS) is 12.0. The average molecular weight is 770 g/mol. The molecule has 0 radical (unpaired) electrons. The predicted molar refractivity (Wildman–Crippen MR) is 218 cm³/mol. The molecule has 0 saturated heterocycles. The molecule has 4 heteroatoms. The number of aromatic nitrogens is 2. The first kappa shape index (κ1) is 30.4. The third kappa shape index (κ3) is 4.40. The molecule has 10 aromatic rings. The summed E-state index contributed by atoms with van der Waals surface area (Å²) in [4.78, 5) is 13.7. The van der Waals surface area contributed by atoms with E-state index in [0.717, 1.165) is 33.3 Å². The zero-order valence-electron chi connectivity index (χ0n) is 28.9. The van der Waals surface area contributed by atoms with E-state index in [0.29, 0.717) is 0 Å². The van der Waals surface area contributed by atoms with Crippen LogP contribution in [0.1, 0.15) is 22.3 Å². The summed E-state index contributed by atoms with van der Waals surface area (Å²) in [6.07, 6.45) is 0. The molecule has 0 N–H and O–H groups in total. The molecule has 0 spiro atoms. The fraction of sp³-hybridized carbons (Fsp3) is 0.0851. The average Bonchev–Trinajstić information content (AvgIpc) is 3.68. The molecule has 3 heterocycles. The van der Waals surface area contributed by atoms with Crippen molar-refractivity contribution >= 4 is 81.6 Å². The van der Waals surface area contributed by atoms with E-state index in [1.54, 1.807) is 0 Å². The molecular weight excluding hydrogens is 736 g/mol. The van der Waals surface area contributed by atoms with Gasteiger partial charge in [0.05, 0.1) is 0 Å². The van der Waals surface area contributed by atoms with Gasteiger partial charge in [-0.2, -0.15) is 0 Å². The number of hydrogen-bond acceptors (Lipinski definition) is 1. The van der Waals surface area contributed by atoms with Crippen LogP contribution in [0, 0.1) is 27.7 Å². The van der Waals surface area contributed by atoms with Crippen LogP contribution in [-0.2, 0) is 0 Å². The summed E-state index contributed by atoms with van der Waals surface area (Å²) in [6.45, 7) is 8.87. The minimum atomic E-state index is -0.747. The first-order valence-corrected chi connectivity index (χ1v) is 19.8. The van der Waals surface area contributed by atoms with Gasteiger partial charge in [0.15, 0.2) is 0 Å². The Morgan fingerprint density at radius 3 is 1.49 bits per heavy atom. The van der Waals surface area contributed by atoms with Crippen LogP contribution < -0.4 is 5.43 Å². The van der Waals surface area contributed by atoms with Gasteiger partial charge in [0, 0.05) is 0 Å². The summed E-state index contributed by atoms with van der Waals surface area (Å²) in [5.74, 6) is 0. The van der Waals surface area contributed by atoms with Crippen molar-refractivity contribution in [2.45, 2.75) is 27.7 Å². The molecule has 10 rings (SSSR count). The second-order valence-corrected chi connectivity index (χ2v) is 17.0. The molecule has 3 nitrogen and oxygen atoms in total. The Hall–Kier alpha value is -5.40. The van der Waals surface area contributed by atoms with Gasteiger partial charge in [-0.15, -0.1) is 0 Å². The van der Waals surface area contributed by atoms with Crippen molar-refractivity contribution in [1.82, 2.24) is 9.13 Å². The molecule has 7 aromatic carbocycles. The number of aryl methyl sites for hydroxylation is 4. The number of hydrogen-bond donors (Lipinski definition) is 0. The van der Waals surface area contributed by atoms with Crippen molar-refractivity contribution in [3.05, 3.63) is 166 Å². The van der Waals surface area contributed by atoms with Crippen LogP contribution in [0.5, 0.6) is 0 Å². The number of fused-ring (bicyclic) bond motifs is 8. The van der Waals surface area contributed by atoms with Gasteiger partial charge in [-0.3, -0.25) is 0 Å². The van der Waals surface area contributed by atoms with Crippen LogP contribution in [0.4, 0.5) is 0 Å².